The molecule has 0 bridgehead atoms. The monoisotopic (exact) mass is 474 g/mol. The Bertz CT molecular complexity index is 1230. The van der Waals surface area contributed by atoms with Crippen LogP contribution in [0.5, 0.6) is 5.75 Å². The van der Waals surface area contributed by atoms with E-state index in [0.29, 0.717) is 24.0 Å². The summed E-state index contributed by atoms with van der Waals surface area (Å²) in [6, 6.07) is 7.24. The molecular formula is C23H25F3N6O2. The number of halogens is 3. The highest BCUT2D eigenvalue weighted by molar-refractivity contribution is 5.84. The normalized spacial score (nSPS) is 11.6. The van der Waals surface area contributed by atoms with Crippen LogP contribution in [0.3, 0.4) is 0 Å². The van der Waals surface area contributed by atoms with Gasteiger partial charge < -0.3 is 19.1 Å². The molecule has 3 aromatic rings. The molecular weight excluding hydrogens is 449 g/mol. The molecule has 8 nitrogen and oxygen atoms in total. The first-order valence-electron chi connectivity index (χ1n) is 10.5. The van der Waals surface area contributed by atoms with Crippen molar-refractivity contribution < 1.29 is 22.7 Å². The van der Waals surface area contributed by atoms with Gasteiger partial charge in [0, 0.05) is 26.2 Å². The number of aromatic nitrogens is 3. The number of carbonyl (C=O) groups is 1. The van der Waals surface area contributed by atoms with Crippen molar-refractivity contribution in [3.05, 3.63) is 41.9 Å². The number of nitriles is 1. The largest absolute Gasteiger partial charge is 0.493 e. The number of benzene rings is 1. The van der Waals surface area contributed by atoms with E-state index in [0.717, 1.165) is 6.07 Å². The van der Waals surface area contributed by atoms with Crippen LogP contribution in [0, 0.1) is 11.3 Å². The molecule has 0 atom stereocenters. The van der Waals surface area contributed by atoms with Gasteiger partial charge in [-0.2, -0.15) is 18.4 Å². The zero-order valence-electron chi connectivity index (χ0n) is 19.3. The Labute approximate surface area is 195 Å². The van der Waals surface area contributed by atoms with E-state index in [4.69, 9.17) is 4.74 Å². The second kappa shape index (κ2) is 10.1. The highest BCUT2D eigenvalue weighted by Crippen LogP contribution is 2.39. The third kappa shape index (κ3) is 5.63. The molecule has 11 heteroatoms. The minimum atomic E-state index is -4.65. The first-order valence-corrected chi connectivity index (χ1v) is 10.5. The fourth-order valence-electron chi connectivity index (χ4n) is 3.39. The third-order valence-corrected chi connectivity index (χ3v) is 5.17. The third-order valence-electron chi connectivity index (χ3n) is 5.17. The summed E-state index contributed by atoms with van der Waals surface area (Å²) in [4.78, 5) is 23.6. The summed E-state index contributed by atoms with van der Waals surface area (Å²) < 4.78 is 48.5. The van der Waals surface area contributed by atoms with Crippen LogP contribution in [-0.2, 0) is 18.0 Å². The number of imidazole rings is 1. The van der Waals surface area contributed by atoms with Crippen LogP contribution in [0.15, 0.2) is 30.6 Å². The molecule has 0 saturated carbocycles. The van der Waals surface area contributed by atoms with Crippen molar-refractivity contribution in [3.8, 4) is 23.1 Å². The molecule has 0 unspecified atom stereocenters. The van der Waals surface area contributed by atoms with Gasteiger partial charge in [-0.3, -0.25) is 4.79 Å². The summed E-state index contributed by atoms with van der Waals surface area (Å²) in [7, 11) is 6.93. The molecule has 2 aromatic heterocycles. The van der Waals surface area contributed by atoms with Crippen molar-refractivity contribution >= 4 is 16.9 Å². The van der Waals surface area contributed by atoms with E-state index in [1.165, 1.54) is 23.4 Å². The van der Waals surface area contributed by atoms with E-state index in [9.17, 15) is 23.2 Å². The molecule has 0 aliphatic rings. The molecule has 34 heavy (non-hydrogen) atoms. The second-order valence-corrected chi connectivity index (χ2v) is 8.15. The molecule has 0 aliphatic carbocycles. The number of rotatable bonds is 8. The predicted octanol–water partition coefficient (Wildman–Crippen LogP) is 3.31. The first-order chi connectivity index (χ1) is 16.0. The smallest absolute Gasteiger partial charge is 0.419 e. The molecule has 0 saturated heterocycles. The van der Waals surface area contributed by atoms with Crippen LogP contribution in [0.25, 0.3) is 22.3 Å². The molecule has 1 aromatic carbocycles. The summed E-state index contributed by atoms with van der Waals surface area (Å²) in [6.07, 6.45) is -2.77. The first kappa shape index (κ1) is 25.0. The Morgan fingerprint density at radius 1 is 1.24 bits per heavy atom. The van der Waals surface area contributed by atoms with Crippen molar-refractivity contribution in [2.24, 2.45) is 7.05 Å². The fourth-order valence-corrected chi connectivity index (χ4v) is 3.39. The van der Waals surface area contributed by atoms with E-state index in [-0.39, 0.29) is 41.8 Å². The maximum atomic E-state index is 13.8. The summed E-state index contributed by atoms with van der Waals surface area (Å²) in [5.41, 5.74) is 0.503. The average molecular weight is 474 g/mol. The Hall–Kier alpha value is -3.65. The lowest BCUT2D eigenvalue weighted by Gasteiger charge is -2.20. The number of ether oxygens (including phenoxy) is 1. The lowest BCUT2D eigenvalue weighted by atomic mass is 10.1. The van der Waals surface area contributed by atoms with E-state index < -0.39 is 11.7 Å². The van der Waals surface area contributed by atoms with E-state index in [2.05, 4.69) is 9.97 Å². The number of hydrogen-bond acceptors (Lipinski definition) is 6. The van der Waals surface area contributed by atoms with Crippen LogP contribution in [-0.4, -0.2) is 71.1 Å². The second-order valence-electron chi connectivity index (χ2n) is 8.15. The van der Waals surface area contributed by atoms with E-state index >= 15 is 0 Å². The van der Waals surface area contributed by atoms with Crippen molar-refractivity contribution in [2.45, 2.75) is 12.6 Å². The van der Waals surface area contributed by atoms with Crippen LogP contribution >= 0.6 is 0 Å². The lowest BCUT2D eigenvalue weighted by Crippen LogP contribution is -2.36. The number of pyridine rings is 1. The molecule has 2 heterocycles. The average Bonchev–Trinajstić information content (AvgIpc) is 3.15. The van der Waals surface area contributed by atoms with Crippen LogP contribution in [0.2, 0.25) is 0 Å². The number of carbonyl (C=O) groups excluding carboxylic acids is 1. The molecule has 3 rings (SSSR count). The van der Waals surface area contributed by atoms with Gasteiger partial charge in [0.1, 0.15) is 17.3 Å². The van der Waals surface area contributed by atoms with Gasteiger partial charge in [-0.25, -0.2) is 9.97 Å². The van der Waals surface area contributed by atoms with Crippen molar-refractivity contribution in [1.29, 1.82) is 5.26 Å². The van der Waals surface area contributed by atoms with E-state index in [1.807, 2.05) is 6.07 Å². The Balaban J connectivity index is 1.80. The Morgan fingerprint density at radius 2 is 1.97 bits per heavy atom. The number of fused-ring (bicyclic) bond motifs is 1. The molecule has 0 N–H and O–H groups in total. The van der Waals surface area contributed by atoms with Gasteiger partial charge in [-0.05, 0) is 44.8 Å². The Kier molecular flexibility index (Phi) is 7.41. The topological polar surface area (TPSA) is 87.3 Å². The minimum Gasteiger partial charge on any atom is -0.493 e. The summed E-state index contributed by atoms with van der Waals surface area (Å²) >= 11 is 0. The number of aryl methyl sites for hydroxylation is 1. The van der Waals surface area contributed by atoms with Crippen molar-refractivity contribution in [3.63, 3.8) is 0 Å². The quantitative estimate of drug-likeness (QED) is 0.466. The maximum Gasteiger partial charge on any atom is 0.419 e. The minimum absolute atomic E-state index is 0.0137. The summed E-state index contributed by atoms with van der Waals surface area (Å²) in [5.74, 6) is -0.388. The van der Waals surface area contributed by atoms with Gasteiger partial charge in [-0.15, -0.1) is 0 Å². The van der Waals surface area contributed by atoms with Crippen LogP contribution < -0.4 is 4.74 Å². The van der Waals surface area contributed by atoms with Gasteiger partial charge in [0.15, 0.2) is 5.69 Å². The van der Waals surface area contributed by atoms with E-state index in [1.54, 1.807) is 43.7 Å². The van der Waals surface area contributed by atoms with Crippen molar-refractivity contribution in [1.82, 2.24) is 24.3 Å². The van der Waals surface area contributed by atoms with Gasteiger partial charge in [-0.1, -0.05) is 0 Å². The molecule has 180 valence electrons. The highest BCUT2D eigenvalue weighted by Gasteiger charge is 2.35. The molecule has 0 radical (unpaired) electrons. The number of amides is 1. The van der Waals surface area contributed by atoms with Gasteiger partial charge in [0.05, 0.1) is 36.3 Å². The van der Waals surface area contributed by atoms with Crippen LogP contribution in [0.1, 0.15) is 17.7 Å². The van der Waals surface area contributed by atoms with Crippen molar-refractivity contribution in [2.75, 3.05) is 40.8 Å². The number of hydrogen-bond donors (Lipinski definition) is 0. The summed E-state index contributed by atoms with van der Waals surface area (Å²) in [6.45, 7) is 0.626. The number of nitrogens with zero attached hydrogens (tertiary/aromatic N) is 6. The highest BCUT2D eigenvalue weighted by atomic mass is 19.4. The van der Waals surface area contributed by atoms with Gasteiger partial charge in [0.25, 0.3) is 0 Å². The molecule has 1 amide bonds. The maximum absolute atomic E-state index is 13.8. The van der Waals surface area contributed by atoms with Gasteiger partial charge in [0.2, 0.25) is 5.91 Å². The number of alkyl halides is 3. The Morgan fingerprint density at radius 3 is 2.62 bits per heavy atom. The molecule has 0 fully saturated rings. The zero-order chi connectivity index (χ0) is 25.0. The molecule has 0 spiro atoms. The van der Waals surface area contributed by atoms with Gasteiger partial charge >= 0.3 is 6.18 Å². The summed E-state index contributed by atoms with van der Waals surface area (Å²) in [5, 5.41) is 9.39. The number of likely N-dealkylation sites (N-methyl/N-ethyl adjacent to an activating group) is 2. The SMILES string of the molecule is CN(C)CC(=O)N(C)CCCOc1ccc(-c2cc3c(ncn3C)c(C#N)n2)cc1C(F)(F)F. The standard InChI is InChI=1S/C23H25F3N6O2/c1-30(2)13-21(33)31(3)8-5-9-34-20-7-6-15(10-16(20)23(24,25)26)17-11-19-22(18(12-27)29-17)28-14-32(19)4/h6-7,10-11,14H,5,8-9,13H2,1-4H3. The van der Waals surface area contributed by atoms with Crippen LogP contribution in [0.4, 0.5) is 13.2 Å². The zero-order valence-corrected chi connectivity index (χ0v) is 19.3. The lowest BCUT2D eigenvalue weighted by molar-refractivity contribution is -0.138. The predicted molar refractivity (Wildman–Crippen MR) is 120 cm³/mol. The molecule has 0 aliphatic heterocycles. The fraction of sp³-hybridized carbons (Fsp3) is 0.391.